The van der Waals surface area contributed by atoms with Crippen LogP contribution in [-0.2, 0) is 34.7 Å². The number of aryl methyl sites for hydroxylation is 2. The van der Waals surface area contributed by atoms with Crippen LogP contribution in [0.1, 0.15) is 67.7 Å². The molecule has 3 aromatic carbocycles. The summed E-state index contributed by atoms with van der Waals surface area (Å²) < 4.78 is 0. The van der Waals surface area contributed by atoms with Gasteiger partial charge in [-0.05, 0) is 61.1 Å². The van der Waals surface area contributed by atoms with Crippen LogP contribution in [0.2, 0.25) is 0 Å². The summed E-state index contributed by atoms with van der Waals surface area (Å²) in [5, 5.41) is 28.9. The fourth-order valence-corrected chi connectivity index (χ4v) is 4.13. The molecule has 1 aliphatic rings. The summed E-state index contributed by atoms with van der Waals surface area (Å²) in [6.07, 6.45) is 12.0. The Kier molecular flexibility index (Phi) is 12.6. The average molecular weight is 542 g/mol. The molecular weight excluding hydrogens is 507 g/mol. The van der Waals surface area contributed by atoms with E-state index in [4.69, 9.17) is 9.90 Å². The van der Waals surface area contributed by atoms with Gasteiger partial charge in [-0.2, -0.15) is 0 Å². The summed E-state index contributed by atoms with van der Waals surface area (Å²) in [6.45, 7) is 1.08. The Morgan fingerprint density at radius 3 is 1.43 bits per heavy atom. The van der Waals surface area contributed by atoms with Gasteiger partial charge in [0, 0.05) is 47.5 Å². The second-order valence-electron chi connectivity index (χ2n) is 8.86. The van der Waals surface area contributed by atoms with Crippen molar-refractivity contribution in [3.8, 4) is 11.5 Å². The molecule has 0 aliphatic carbocycles. The fourth-order valence-electron chi connectivity index (χ4n) is 4.13. The minimum Gasteiger partial charge on any atom is -0.507 e. The number of aromatic hydroxyl groups is 2. The van der Waals surface area contributed by atoms with E-state index >= 15 is 0 Å². The molecule has 1 heterocycles. The van der Waals surface area contributed by atoms with Crippen molar-refractivity contribution in [2.45, 2.75) is 58.3 Å². The average Bonchev–Trinajstić information content (AvgIpc) is 2.85. The quantitative estimate of drug-likeness (QED) is 0.264. The molecule has 1 radical (unpaired) electrons. The van der Waals surface area contributed by atoms with E-state index in [1.165, 1.54) is 12.8 Å². The largest absolute Gasteiger partial charge is 0.507 e. The number of aliphatic imine (C=N–C) groups is 2. The standard InChI is InChI=1S/C28H30N2O2.C2H4O2.Mn/c31-27-21-11-5-3-1-2-4-6-12-22-14-10-16-24(28(22)32)20-30-26-18-8-7-17-25(26)29-19-23(27)15-9-13-21;1-2(3)4;/h7-10,13-20,31-32H,1-6,11-12H2;1H3,(H,3,4);. The predicted molar refractivity (Wildman–Crippen MR) is 146 cm³/mol. The number of carboxylic acids is 1. The van der Waals surface area contributed by atoms with Gasteiger partial charge in [0.05, 0.1) is 11.4 Å². The predicted octanol–water partition coefficient (Wildman–Crippen LogP) is 7.13. The maximum Gasteiger partial charge on any atom is 0.300 e. The van der Waals surface area contributed by atoms with Crippen LogP contribution < -0.4 is 0 Å². The van der Waals surface area contributed by atoms with E-state index in [1.807, 2.05) is 60.7 Å². The summed E-state index contributed by atoms with van der Waals surface area (Å²) in [5.41, 5.74) is 4.78. The molecule has 37 heavy (non-hydrogen) atoms. The summed E-state index contributed by atoms with van der Waals surface area (Å²) in [6, 6.07) is 19.3. The van der Waals surface area contributed by atoms with Crippen LogP contribution in [-0.4, -0.2) is 33.7 Å². The van der Waals surface area contributed by atoms with E-state index < -0.39 is 5.97 Å². The number of nitrogens with zero attached hydrogens (tertiary/aromatic N) is 2. The molecule has 0 spiro atoms. The van der Waals surface area contributed by atoms with Gasteiger partial charge in [-0.3, -0.25) is 14.8 Å². The van der Waals surface area contributed by atoms with Gasteiger partial charge in [0.1, 0.15) is 11.5 Å². The second kappa shape index (κ2) is 15.6. The molecule has 0 atom stereocenters. The first-order chi connectivity index (χ1) is 17.5. The van der Waals surface area contributed by atoms with Gasteiger partial charge >= 0.3 is 0 Å². The number of para-hydroxylation sites is 4. The monoisotopic (exact) mass is 541 g/mol. The van der Waals surface area contributed by atoms with Gasteiger partial charge in [-0.1, -0.05) is 62.1 Å². The van der Waals surface area contributed by atoms with E-state index in [9.17, 15) is 10.2 Å². The van der Waals surface area contributed by atoms with Gasteiger partial charge in [0.15, 0.2) is 0 Å². The molecule has 0 unspecified atom stereocenters. The number of aliphatic carboxylic acids is 1. The minimum atomic E-state index is -0.833. The first-order valence-electron chi connectivity index (χ1n) is 12.4. The molecule has 1 aliphatic heterocycles. The van der Waals surface area contributed by atoms with Crippen molar-refractivity contribution < 1.29 is 37.2 Å². The van der Waals surface area contributed by atoms with Gasteiger partial charge in [0.25, 0.3) is 5.97 Å². The Balaban J connectivity index is 0.000000898. The fraction of sp³-hybridized carbons (Fsp3) is 0.300. The second-order valence-corrected chi connectivity index (χ2v) is 8.86. The molecule has 6 nitrogen and oxygen atoms in total. The Labute approximate surface area is 229 Å². The summed E-state index contributed by atoms with van der Waals surface area (Å²) in [4.78, 5) is 18.2. The third-order valence-electron chi connectivity index (χ3n) is 6.01. The molecule has 0 aromatic heterocycles. The molecule has 0 fully saturated rings. The van der Waals surface area contributed by atoms with Crippen LogP contribution in [0, 0.1) is 0 Å². The van der Waals surface area contributed by atoms with Gasteiger partial charge in [-0.25, -0.2) is 0 Å². The van der Waals surface area contributed by atoms with Crippen LogP contribution in [0.4, 0.5) is 11.4 Å². The number of benzene rings is 3. The molecule has 195 valence electrons. The Morgan fingerprint density at radius 1 is 0.649 bits per heavy atom. The van der Waals surface area contributed by atoms with Gasteiger partial charge in [0.2, 0.25) is 0 Å². The zero-order valence-corrected chi connectivity index (χ0v) is 22.3. The zero-order chi connectivity index (χ0) is 25.8. The van der Waals surface area contributed by atoms with E-state index in [-0.39, 0.29) is 17.1 Å². The Hall–Kier alpha value is -3.41. The minimum absolute atomic E-state index is 0. The number of phenols is 2. The SMILES string of the molecule is CC(=O)O.Oc1c2cccc1CCCCCCCCc1cccc(c1O)C=Nc1ccccc1N=C2.[Mn]. The van der Waals surface area contributed by atoms with Crippen molar-refractivity contribution in [1.82, 2.24) is 0 Å². The molecule has 4 bridgehead atoms. The van der Waals surface area contributed by atoms with Crippen molar-refractivity contribution in [3.63, 3.8) is 0 Å². The van der Waals surface area contributed by atoms with Crippen molar-refractivity contribution in [1.29, 1.82) is 0 Å². The number of hydrogen-bond donors (Lipinski definition) is 3. The maximum atomic E-state index is 10.7. The van der Waals surface area contributed by atoms with E-state index in [0.29, 0.717) is 34.0 Å². The van der Waals surface area contributed by atoms with Crippen LogP contribution in [0.15, 0.2) is 70.6 Å². The first kappa shape index (κ1) is 29.8. The van der Waals surface area contributed by atoms with E-state index in [2.05, 4.69) is 9.98 Å². The van der Waals surface area contributed by atoms with Crippen LogP contribution >= 0.6 is 0 Å². The van der Waals surface area contributed by atoms with Crippen molar-refractivity contribution in [2.24, 2.45) is 9.98 Å². The summed E-state index contributed by atoms with van der Waals surface area (Å²) in [5.74, 6) is -0.207. The van der Waals surface area contributed by atoms with Crippen LogP contribution in [0.25, 0.3) is 0 Å². The smallest absolute Gasteiger partial charge is 0.300 e. The van der Waals surface area contributed by atoms with E-state index in [1.54, 1.807) is 12.4 Å². The number of phenolic OH excluding ortho intramolecular Hbond substituents is 2. The molecule has 3 N–H and O–H groups in total. The Bertz CT molecular complexity index is 1130. The molecule has 4 rings (SSSR count). The van der Waals surface area contributed by atoms with E-state index in [0.717, 1.165) is 56.6 Å². The third-order valence-corrected chi connectivity index (χ3v) is 6.01. The molecular formula is C30H34MnN2O4. The van der Waals surface area contributed by atoms with Crippen LogP contribution in [0.3, 0.4) is 0 Å². The summed E-state index contributed by atoms with van der Waals surface area (Å²) in [7, 11) is 0. The van der Waals surface area contributed by atoms with Gasteiger partial charge < -0.3 is 15.3 Å². The Morgan fingerprint density at radius 2 is 1.03 bits per heavy atom. The summed E-state index contributed by atoms with van der Waals surface area (Å²) >= 11 is 0. The first-order valence-corrected chi connectivity index (χ1v) is 12.4. The molecule has 7 heteroatoms. The normalized spacial score (nSPS) is 13.8. The number of hydrogen-bond acceptors (Lipinski definition) is 5. The van der Waals surface area contributed by atoms with Crippen molar-refractivity contribution in [3.05, 3.63) is 82.9 Å². The van der Waals surface area contributed by atoms with Crippen molar-refractivity contribution >= 4 is 29.8 Å². The van der Waals surface area contributed by atoms with Crippen LogP contribution in [0.5, 0.6) is 11.5 Å². The zero-order valence-electron chi connectivity index (χ0n) is 21.1. The van der Waals surface area contributed by atoms with Gasteiger partial charge in [-0.15, -0.1) is 0 Å². The topological polar surface area (TPSA) is 102 Å². The number of rotatable bonds is 0. The molecule has 0 amide bonds. The third kappa shape index (κ3) is 9.52. The van der Waals surface area contributed by atoms with Crippen molar-refractivity contribution in [2.75, 3.05) is 0 Å². The number of carbonyl (C=O) groups is 1. The molecule has 0 saturated carbocycles. The molecule has 3 aromatic rings. The maximum absolute atomic E-state index is 10.7. The number of carboxylic acid groups (broad SMARTS) is 1. The number of fused-ring (bicyclic) bond motifs is 5. The molecule has 0 saturated heterocycles.